The van der Waals surface area contributed by atoms with Gasteiger partial charge in [-0.05, 0) is 37.6 Å². The summed E-state index contributed by atoms with van der Waals surface area (Å²) in [5.41, 5.74) is 0.864. The molecule has 0 saturated heterocycles. The van der Waals surface area contributed by atoms with E-state index in [1.54, 1.807) is 38.1 Å². The maximum Gasteiger partial charge on any atom is 0.273 e. The summed E-state index contributed by atoms with van der Waals surface area (Å²) in [6, 6.07) is 10.1. The first-order valence-corrected chi connectivity index (χ1v) is 8.59. The predicted octanol–water partition coefficient (Wildman–Crippen LogP) is 3.60. The van der Waals surface area contributed by atoms with Crippen LogP contribution in [0, 0.1) is 17.0 Å². The van der Waals surface area contributed by atoms with Gasteiger partial charge in [0.1, 0.15) is 0 Å². The minimum atomic E-state index is -3.89. The fraction of sp³-hybridized carbons (Fsp3) is 0.200. The van der Waals surface area contributed by atoms with Gasteiger partial charge in [0, 0.05) is 22.7 Å². The number of hydrogen-bond donors (Lipinski definition) is 1. The van der Waals surface area contributed by atoms with Gasteiger partial charge in [-0.3, -0.25) is 10.1 Å². The Hall–Kier alpha value is -1.96. The summed E-state index contributed by atoms with van der Waals surface area (Å²) in [4.78, 5) is 10.2. The summed E-state index contributed by atoms with van der Waals surface area (Å²) in [5.74, 6) is 0. The fourth-order valence-electron chi connectivity index (χ4n) is 2.10. The van der Waals surface area contributed by atoms with Crippen molar-refractivity contribution in [3.63, 3.8) is 0 Å². The van der Waals surface area contributed by atoms with Crippen molar-refractivity contribution < 1.29 is 13.3 Å². The Balaban J connectivity index is 2.32. The number of nitrogens with zero attached hydrogens (tertiary/aromatic N) is 1. The molecular formula is C15H15ClN2O4S. The molecule has 1 N–H and O–H groups in total. The van der Waals surface area contributed by atoms with Crippen LogP contribution in [0.3, 0.4) is 0 Å². The van der Waals surface area contributed by atoms with Crippen molar-refractivity contribution in [3.05, 3.63) is 68.7 Å². The first kappa shape index (κ1) is 17.4. The summed E-state index contributed by atoms with van der Waals surface area (Å²) in [6.45, 7) is 3.22. The molecule has 0 amide bonds. The lowest BCUT2D eigenvalue weighted by atomic mass is 10.1. The number of halogens is 1. The van der Waals surface area contributed by atoms with E-state index in [0.717, 1.165) is 6.07 Å². The van der Waals surface area contributed by atoms with Crippen molar-refractivity contribution >= 4 is 27.3 Å². The molecule has 6 nitrogen and oxygen atoms in total. The number of aryl methyl sites for hydroxylation is 1. The minimum absolute atomic E-state index is 0.149. The summed E-state index contributed by atoms with van der Waals surface area (Å²) in [5, 5.41) is 11.5. The van der Waals surface area contributed by atoms with Crippen molar-refractivity contribution in [2.75, 3.05) is 0 Å². The highest BCUT2D eigenvalue weighted by molar-refractivity contribution is 7.89. The number of nitro groups is 1. The lowest BCUT2D eigenvalue weighted by Crippen LogP contribution is -2.27. The van der Waals surface area contributed by atoms with Crippen molar-refractivity contribution in [1.29, 1.82) is 0 Å². The van der Waals surface area contributed by atoms with Crippen LogP contribution in [0.1, 0.15) is 24.1 Å². The summed E-state index contributed by atoms with van der Waals surface area (Å²) in [6.07, 6.45) is 0. The monoisotopic (exact) mass is 354 g/mol. The normalized spacial score (nSPS) is 12.8. The lowest BCUT2D eigenvalue weighted by molar-refractivity contribution is -0.385. The zero-order chi connectivity index (χ0) is 17.2. The van der Waals surface area contributed by atoms with Crippen LogP contribution in [0.15, 0.2) is 47.4 Å². The first-order chi connectivity index (χ1) is 10.7. The molecule has 0 aliphatic rings. The van der Waals surface area contributed by atoms with E-state index in [1.165, 1.54) is 12.1 Å². The van der Waals surface area contributed by atoms with E-state index in [1.807, 2.05) is 0 Å². The molecule has 0 saturated carbocycles. The number of sulfonamides is 1. The van der Waals surface area contributed by atoms with Crippen LogP contribution in [0.2, 0.25) is 5.02 Å². The predicted molar refractivity (Wildman–Crippen MR) is 88.0 cm³/mol. The van der Waals surface area contributed by atoms with Crippen LogP contribution >= 0.6 is 11.6 Å². The third-order valence-corrected chi connectivity index (χ3v) is 5.14. The quantitative estimate of drug-likeness (QED) is 0.656. The molecule has 0 aromatic heterocycles. The number of rotatable bonds is 5. The van der Waals surface area contributed by atoms with Crippen LogP contribution in [-0.4, -0.2) is 13.3 Å². The third-order valence-electron chi connectivity index (χ3n) is 3.37. The fourth-order valence-corrected chi connectivity index (χ4v) is 3.55. The van der Waals surface area contributed by atoms with Gasteiger partial charge in [0.25, 0.3) is 5.69 Å². The van der Waals surface area contributed by atoms with Crippen LogP contribution in [0.4, 0.5) is 5.69 Å². The van der Waals surface area contributed by atoms with Gasteiger partial charge in [-0.15, -0.1) is 0 Å². The molecule has 0 aliphatic carbocycles. The van der Waals surface area contributed by atoms with Crippen LogP contribution in [0.25, 0.3) is 0 Å². The first-order valence-electron chi connectivity index (χ1n) is 6.73. The largest absolute Gasteiger partial charge is 0.273 e. The third kappa shape index (κ3) is 4.07. The van der Waals surface area contributed by atoms with E-state index < -0.39 is 21.0 Å². The molecule has 23 heavy (non-hydrogen) atoms. The van der Waals surface area contributed by atoms with E-state index in [4.69, 9.17) is 11.6 Å². The Morgan fingerprint density at radius 2 is 1.91 bits per heavy atom. The minimum Gasteiger partial charge on any atom is -0.258 e. The van der Waals surface area contributed by atoms with Crippen LogP contribution < -0.4 is 4.72 Å². The Bertz CT molecular complexity index is 852. The standard InChI is InChI=1S/C15H15ClN2O4S/c1-10-6-7-14(9-15(10)18(19)20)23(21,22)17-11(2)12-4-3-5-13(16)8-12/h3-9,11,17H,1-2H3/t11-/m0/s1. The van der Waals surface area contributed by atoms with Gasteiger partial charge < -0.3 is 0 Å². The molecule has 0 aliphatic heterocycles. The van der Waals surface area contributed by atoms with Gasteiger partial charge in [-0.2, -0.15) is 0 Å². The maximum atomic E-state index is 12.4. The zero-order valence-electron chi connectivity index (χ0n) is 12.5. The van der Waals surface area contributed by atoms with Crippen LogP contribution in [-0.2, 0) is 10.0 Å². The second-order valence-electron chi connectivity index (χ2n) is 5.10. The van der Waals surface area contributed by atoms with Gasteiger partial charge in [0.15, 0.2) is 0 Å². The van der Waals surface area contributed by atoms with E-state index in [-0.39, 0.29) is 10.6 Å². The molecule has 2 aromatic carbocycles. The molecule has 8 heteroatoms. The summed E-state index contributed by atoms with van der Waals surface area (Å²) >= 11 is 5.90. The molecule has 122 valence electrons. The highest BCUT2D eigenvalue weighted by Gasteiger charge is 2.22. The average Bonchev–Trinajstić information content (AvgIpc) is 2.46. The van der Waals surface area contributed by atoms with E-state index >= 15 is 0 Å². The Kier molecular flexibility index (Phi) is 5.03. The van der Waals surface area contributed by atoms with Gasteiger partial charge in [0.05, 0.1) is 9.82 Å². The van der Waals surface area contributed by atoms with Crippen molar-refractivity contribution in [2.45, 2.75) is 24.8 Å². The van der Waals surface area contributed by atoms with Crippen LogP contribution in [0.5, 0.6) is 0 Å². The highest BCUT2D eigenvalue weighted by atomic mass is 35.5. The van der Waals surface area contributed by atoms with E-state index in [9.17, 15) is 18.5 Å². The Morgan fingerprint density at radius 3 is 2.52 bits per heavy atom. The van der Waals surface area contributed by atoms with Crippen molar-refractivity contribution in [1.82, 2.24) is 4.72 Å². The molecule has 0 bridgehead atoms. The smallest absolute Gasteiger partial charge is 0.258 e. The molecule has 2 aromatic rings. The van der Waals surface area contributed by atoms with Crippen molar-refractivity contribution in [2.24, 2.45) is 0 Å². The number of benzene rings is 2. The molecule has 0 radical (unpaired) electrons. The number of nitrogens with one attached hydrogen (secondary N) is 1. The van der Waals surface area contributed by atoms with Gasteiger partial charge >= 0.3 is 0 Å². The van der Waals surface area contributed by atoms with Gasteiger partial charge in [-0.25, -0.2) is 13.1 Å². The lowest BCUT2D eigenvalue weighted by Gasteiger charge is -2.15. The summed E-state index contributed by atoms with van der Waals surface area (Å²) < 4.78 is 27.3. The average molecular weight is 355 g/mol. The number of hydrogen-bond acceptors (Lipinski definition) is 4. The molecule has 0 heterocycles. The Morgan fingerprint density at radius 1 is 1.22 bits per heavy atom. The zero-order valence-corrected chi connectivity index (χ0v) is 14.1. The second-order valence-corrected chi connectivity index (χ2v) is 7.25. The molecule has 0 unspecified atom stereocenters. The second kappa shape index (κ2) is 6.66. The van der Waals surface area contributed by atoms with Gasteiger partial charge in [0.2, 0.25) is 10.0 Å². The highest BCUT2D eigenvalue weighted by Crippen LogP contribution is 2.24. The summed E-state index contributed by atoms with van der Waals surface area (Å²) in [7, 11) is -3.89. The maximum absolute atomic E-state index is 12.4. The molecular weight excluding hydrogens is 340 g/mol. The topological polar surface area (TPSA) is 89.3 Å². The SMILES string of the molecule is Cc1ccc(S(=O)(=O)N[C@@H](C)c2cccc(Cl)c2)cc1[N+](=O)[O-]. The van der Waals surface area contributed by atoms with E-state index in [2.05, 4.69) is 4.72 Å². The molecule has 1 atom stereocenters. The molecule has 0 spiro atoms. The Labute approximate surface area is 139 Å². The van der Waals surface area contributed by atoms with Crippen molar-refractivity contribution in [3.8, 4) is 0 Å². The van der Waals surface area contributed by atoms with Gasteiger partial charge in [-0.1, -0.05) is 29.8 Å². The molecule has 0 fully saturated rings. The molecule has 2 rings (SSSR count). The number of nitro benzene ring substituents is 1. The van der Waals surface area contributed by atoms with E-state index in [0.29, 0.717) is 16.1 Å².